The zero-order chi connectivity index (χ0) is 34.1. The van der Waals surface area contributed by atoms with Crippen LogP contribution in [0.3, 0.4) is 0 Å². The van der Waals surface area contributed by atoms with E-state index in [0.717, 1.165) is 43.8 Å². The molecule has 0 radical (unpaired) electrons. The van der Waals surface area contributed by atoms with Crippen molar-refractivity contribution in [3.63, 3.8) is 0 Å². The number of benzene rings is 4. The number of aromatic nitrogens is 8. The number of aromatic amines is 2. The van der Waals surface area contributed by atoms with Gasteiger partial charge in [0, 0.05) is 43.8 Å². The van der Waals surface area contributed by atoms with Crippen LogP contribution in [0.25, 0.3) is 89.7 Å². The molecule has 50 heavy (non-hydrogen) atoms. The lowest BCUT2D eigenvalue weighted by molar-refractivity contribution is -0.142. The van der Waals surface area contributed by atoms with Crippen molar-refractivity contribution >= 4 is 50.1 Å². The SMILES string of the molecule is COC(=O)COc1ccc2c3nc4nc(nc5[nH]c(nc6nc(nc([nH]3)c2c1)-c1ccccc1-6)c1cc(C(C)(C)C)ccc51)-c1ccccc1-4. The normalized spacial score (nSPS) is 12.2. The molecular formula is C39H30N8O3. The molecule has 2 aliphatic rings. The second kappa shape index (κ2) is 11.0. The second-order valence-corrected chi connectivity index (χ2v) is 13.3. The molecule has 9 rings (SSSR count). The van der Waals surface area contributed by atoms with Crippen molar-refractivity contribution < 1.29 is 14.3 Å². The lowest BCUT2D eigenvalue weighted by Gasteiger charge is -2.18. The maximum atomic E-state index is 11.8. The first kappa shape index (κ1) is 29.6. The smallest absolute Gasteiger partial charge is 0.343 e. The van der Waals surface area contributed by atoms with Crippen molar-refractivity contribution in [3.8, 4) is 51.3 Å². The van der Waals surface area contributed by atoms with E-state index in [2.05, 4.69) is 48.9 Å². The standard InChI is InChI=1S/C39H30N8O3/c1-39(2,3)20-13-15-26-28(17-20)37-44-33-24-11-7-8-12-25(24)34(41-33)45-38-29-18-21(50-19-30(48)49-4)14-16-27(29)36(47-38)43-32-23-10-6-5-9-22(23)31(40-32)42-35(26)46-37/h5-18H,19H2,1-4H3,(H2,40,41,42,43,44,45,46,47). The molecule has 0 saturated heterocycles. The molecule has 0 unspecified atom stereocenters. The van der Waals surface area contributed by atoms with Crippen molar-refractivity contribution in [2.24, 2.45) is 0 Å². The first-order chi connectivity index (χ1) is 24.2. The van der Waals surface area contributed by atoms with Crippen LogP contribution >= 0.6 is 0 Å². The van der Waals surface area contributed by atoms with Gasteiger partial charge >= 0.3 is 5.97 Å². The number of esters is 1. The molecule has 8 bridgehead atoms. The van der Waals surface area contributed by atoms with Crippen LogP contribution in [0.4, 0.5) is 0 Å². The minimum absolute atomic E-state index is 0.0753. The Hall–Kier alpha value is -6.49. The molecule has 0 atom stereocenters. The molecule has 0 saturated carbocycles. The maximum Gasteiger partial charge on any atom is 0.343 e. The predicted molar refractivity (Wildman–Crippen MR) is 192 cm³/mol. The Bertz CT molecular complexity index is 2720. The highest BCUT2D eigenvalue weighted by atomic mass is 16.6. The van der Waals surface area contributed by atoms with Crippen LogP contribution in [-0.2, 0) is 14.9 Å². The van der Waals surface area contributed by atoms with Gasteiger partial charge < -0.3 is 19.4 Å². The fourth-order valence-corrected chi connectivity index (χ4v) is 6.43. The van der Waals surface area contributed by atoms with E-state index in [4.69, 9.17) is 39.4 Å². The Balaban J connectivity index is 1.41. The number of ether oxygens (including phenoxy) is 2. The van der Waals surface area contributed by atoms with Gasteiger partial charge in [0.05, 0.1) is 7.11 Å². The lowest BCUT2D eigenvalue weighted by Crippen LogP contribution is -2.12. The highest BCUT2D eigenvalue weighted by Crippen LogP contribution is 2.38. The van der Waals surface area contributed by atoms with E-state index in [-0.39, 0.29) is 12.0 Å². The van der Waals surface area contributed by atoms with Crippen molar-refractivity contribution in [3.05, 3.63) is 90.5 Å². The van der Waals surface area contributed by atoms with E-state index < -0.39 is 5.97 Å². The number of carbonyl (C=O) groups is 1. The van der Waals surface area contributed by atoms with Gasteiger partial charge in [-0.2, -0.15) is 0 Å². The van der Waals surface area contributed by atoms with Crippen LogP contribution in [0.15, 0.2) is 84.9 Å². The number of hydrogen-bond donors (Lipinski definition) is 2. The number of rotatable bonds is 3. The lowest BCUT2D eigenvalue weighted by atomic mass is 9.86. The third kappa shape index (κ3) is 4.85. The summed E-state index contributed by atoms with van der Waals surface area (Å²) in [5.41, 5.74) is 6.91. The summed E-state index contributed by atoms with van der Waals surface area (Å²) in [6.45, 7) is 6.36. The summed E-state index contributed by atoms with van der Waals surface area (Å²) in [6, 6.07) is 27.8. The van der Waals surface area contributed by atoms with Gasteiger partial charge in [-0.15, -0.1) is 0 Å². The maximum absolute atomic E-state index is 11.8. The summed E-state index contributed by atoms with van der Waals surface area (Å²) in [7, 11) is 1.32. The quantitative estimate of drug-likeness (QED) is 0.182. The van der Waals surface area contributed by atoms with Crippen LogP contribution in [-0.4, -0.2) is 59.6 Å². The van der Waals surface area contributed by atoms with Gasteiger partial charge in [0.15, 0.2) is 29.9 Å². The number of fused-ring (bicyclic) bond motifs is 20. The van der Waals surface area contributed by atoms with Crippen molar-refractivity contribution in [2.75, 3.05) is 13.7 Å². The van der Waals surface area contributed by atoms with E-state index in [9.17, 15) is 4.79 Å². The molecule has 0 spiro atoms. The average molecular weight is 659 g/mol. The van der Waals surface area contributed by atoms with Gasteiger partial charge in [-0.3, -0.25) is 0 Å². The summed E-state index contributed by atoms with van der Waals surface area (Å²) in [5.74, 6) is 2.09. The summed E-state index contributed by atoms with van der Waals surface area (Å²) < 4.78 is 10.5. The van der Waals surface area contributed by atoms with E-state index in [1.807, 2.05) is 60.7 Å². The zero-order valence-electron chi connectivity index (χ0n) is 27.7. The molecule has 0 fully saturated rings. The molecular weight excluding hydrogens is 628 g/mol. The summed E-state index contributed by atoms with van der Waals surface area (Å²) in [6.07, 6.45) is 0. The second-order valence-electron chi connectivity index (χ2n) is 13.3. The predicted octanol–water partition coefficient (Wildman–Crippen LogP) is 7.72. The van der Waals surface area contributed by atoms with Crippen molar-refractivity contribution in [2.45, 2.75) is 26.2 Å². The van der Waals surface area contributed by atoms with E-state index in [0.29, 0.717) is 51.6 Å². The molecule has 4 aromatic carbocycles. The fraction of sp³-hybridized carbons (Fsp3) is 0.154. The van der Waals surface area contributed by atoms with Gasteiger partial charge in [-0.05, 0) is 35.2 Å². The van der Waals surface area contributed by atoms with Crippen LogP contribution in [0.2, 0.25) is 0 Å². The topological polar surface area (TPSA) is 144 Å². The average Bonchev–Trinajstić information content (AvgIpc) is 3.85. The van der Waals surface area contributed by atoms with Gasteiger partial charge in [0.25, 0.3) is 0 Å². The van der Waals surface area contributed by atoms with Crippen molar-refractivity contribution in [1.82, 2.24) is 39.9 Å². The number of H-pyrrole nitrogens is 2. The molecule has 0 amide bonds. The van der Waals surface area contributed by atoms with Gasteiger partial charge in [-0.25, -0.2) is 34.7 Å². The Morgan fingerprint density at radius 2 is 1.02 bits per heavy atom. The van der Waals surface area contributed by atoms with E-state index >= 15 is 0 Å². The number of methoxy groups -OCH3 is 1. The molecule has 2 aliphatic heterocycles. The molecule has 3 aromatic heterocycles. The summed E-state index contributed by atoms with van der Waals surface area (Å²) >= 11 is 0. The first-order valence-electron chi connectivity index (χ1n) is 16.2. The Morgan fingerprint density at radius 1 is 0.580 bits per heavy atom. The zero-order valence-corrected chi connectivity index (χ0v) is 27.7. The van der Waals surface area contributed by atoms with Gasteiger partial charge in [-0.1, -0.05) is 81.4 Å². The van der Waals surface area contributed by atoms with E-state index in [1.165, 1.54) is 12.7 Å². The molecule has 11 heteroatoms. The third-order valence-electron chi connectivity index (χ3n) is 9.07. The van der Waals surface area contributed by atoms with Crippen LogP contribution in [0.1, 0.15) is 26.3 Å². The van der Waals surface area contributed by atoms with Crippen molar-refractivity contribution in [1.29, 1.82) is 0 Å². The molecule has 11 nitrogen and oxygen atoms in total. The monoisotopic (exact) mass is 658 g/mol. The highest BCUT2D eigenvalue weighted by molar-refractivity contribution is 6.07. The number of nitrogens with one attached hydrogen (secondary N) is 2. The third-order valence-corrected chi connectivity index (χ3v) is 9.07. The van der Waals surface area contributed by atoms with Crippen LogP contribution < -0.4 is 4.74 Å². The Morgan fingerprint density at radius 3 is 1.48 bits per heavy atom. The highest BCUT2D eigenvalue weighted by Gasteiger charge is 2.23. The number of carbonyl (C=O) groups excluding carboxylic acids is 1. The van der Waals surface area contributed by atoms with Crippen LogP contribution in [0.5, 0.6) is 5.75 Å². The summed E-state index contributed by atoms with van der Waals surface area (Å²) in [5, 5.41) is 3.39. The number of hydrogen-bond acceptors (Lipinski definition) is 9. The van der Waals surface area contributed by atoms with Gasteiger partial charge in [0.1, 0.15) is 28.3 Å². The largest absolute Gasteiger partial charge is 0.482 e. The molecule has 7 aromatic rings. The Labute approximate surface area is 285 Å². The molecule has 0 aliphatic carbocycles. The van der Waals surface area contributed by atoms with E-state index in [1.54, 1.807) is 6.07 Å². The number of nitrogens with zero attached hydrogens (tertiary/aromatic N) is 6. The van der Waals surface area contributed by atoms with Gasteiger partial charge in [0.2, 0.25) is 0 Å². The Kier molecular flexibility index (Phi) is 6.53. The van der Waals surface area contributed by atoms with Crippen LogP contribution in [0, 0.1) is 0 Å². The minimum atomic E-state index is -0.479. The molecule has 2 N–H and O–H groups in total. The molecule has 5 heterocycles. The minimum Gasteiger partial charge on any atom is -0.482 e. The fourth-order valence-electron chi connectivity index (χ4n) is 6.43. The first-order valence-corrected chi connectivity index (χ1v) is 16.2. The summed E-state index contributed by atoms with van der Waals surface area (Å²) in [4.78, 5) is 49.1. The molecule has 244 valence electrons.